The first kappa shape index (κ1) is 12.6. The lowest BCUT2D eigenvalue weighted by atomic mass is 9.84. The third-order valence-corrected chi connectivity index (χ3v) is 3.04. The first-order valence-electron chi connectivity index (χ1n) is 5.73. The van der Waals surface area contributed by atoms with Gasteiger partial charge in [-0.1, -0.05) is 18.2 Å². The summed E-state index contributed by atoms with van der Waals surface area (Å²) in [6.45, 7) is 4.89. The van der Waals surface area contributed by atoms with Gasteiger partial charge in [-0.2, -0.15) is 5.06 Å². The molecular formula is C13H15NO4. The molecule has 1 aliphatic heterocycles. The maximum atomic E-state index is 12.1. The van der Waals surface area contributed by atoms with E-state index in [-0.39, 0.29) is 6.10 Å². The Morgan fingerprint density at radius 3 is 2.61 bits per heavy atom. The highest BCUT2D eigenvalue weighted by molar-refractivity contribution is 6.19. The van der Waals surface area contributed by atoms with Gasteiger partial charge in [-0.3, -0.25) is 14.8 Å². The number of rotatable bonds is 2. The summed E-state index contributed by atoms with van der Waals surface area (Å²) in [7, 11) is 0. The summed E-state index contributed by atoms with van der Waals surface area (Å²) in [5.41, 5.74) is -0.691. The maximum Gasteiger partial charge on any atom is 0.326 e. The van der Waals surface area contributed by atoms with Crippen LogP contribution in [0.3, 0.4) is 0 Å². The number of anilines is 1. The predicted octanol–water partition coefficient (Wildman–Crippen LogP) is 1.63. The molecular weight excluding hydrogens is 234 g/mol. The molecule has 0 radical (unpaired) electrons. The van der Waals surface area contributed by atoms with Gasteiger partial charge in [0, 0.05) is 5.56 Å². The second kappa shape index (κ2) is 4.10. The van der Waals surface area contributed by atoms with Crippen molar-refractivity contribution in [1.82, 2.24) is 0 Å². The van der Waals surface area contributed by atoms with Crippen molar-refractivity contribution in [3.05, 3.63) is 29.8 Å². The molecule has 5 heteroatoms. The number of ether oxygens (including phenoxy) is 1. The topological polar surface area (TPSA) is 66.8 Å². The lowest BCUT2D eigenvalue weighted by molar-refractivity contribution is -0.157. The smallest absolute Gasteiger partial charge is 0.326 e. The first-order chi connectivity index (χ1) is 8.39. The Kier molecular flexibility index (Phi) is 2.86. The highest BCUT2D eigenvalue weighted by Crippen LogP contribution is 2.41. The van der Waals surface area contributed by atoms with Crippen LogP contribution in [0.4, 0.5) is 5.69 Å². The molecule has 0 saturated heterocycles. The molecule has 96 valence electrons. The normalized spacial score (nSPS) is 22.3. The van der Waals surface area contributed by atoms with Crippen LogP contribution in [0, 0.1) is 0 Å². The highest BCUT2D eigenvalue weighted by Gasteiger charge is 2.54. The van der Waals surface area contributed by atoms with Crippen LogP contribution in [0.1, 0.15) is 26.3 Å². The molecule has 0 saturated carbocycles. The number of fused-ring (bicyclic) bond motifs is 1. The van der Waals surface area contributed by atoms with Crippen molar-refractivity contribution in [2.75, 3.05) is 5.06 Å². The number of hydrogen-bond acceptors (Lipinski definition) is 4. The van der Waals surface area contributed by atoms with E-state index in [9.17, 15) is 14.8 Å². The second-order valence-corrected chi connectivity index (χ2v) is 4.71. The first-order valence-corrected chi connectivity index (χ1v) is 5.73. The zero-order chi connectivity index (χ0) is 13.5. The Hall–Kier alpha value is -1.88. The molecule has 1 unspecified atom stereocenters. The van der Waals surface area contributed by atoms with Crippen LogP contribution in [0.5, 0.6) is 0 Å². The summed E-state index contributed by atoms with van der Waals surface area (Å²) in [6.07, 6.45) is -0.318. The van der Waals surface area contributed by atoms with Crippen molar-refractivity contribution in [2.24, 2.45) is 0 Å². The minimum absolute atomic E-state index is 0.318. The van der Waals surface area contributed by atoms with E-state index < -0.39 is 17.3 Å². The number of hydrogen-bond donors (Lipinski definition) is 1. The van der Waals surface area contributed by atoms with Gasteiger partial charge in [0.25, 0.3) is 5.91 Å². The molecule has 0 spiro atoms. The van der Waals surface area contributed by atoms with E-state index in [1.807, 2.05) is 0 Å². The van der Waals surface area contributed by atoms with Gasteiger partial charge in [0.2, 0.25) is 0 Å². The summed E-state index contributed by atoms with van der Waals surface area (Å²) < 4.78 is 5.12. The largest absolute Gasteiger partial charge is 0.462 e. The van der Waals surface area contributed by atoms with Crippen molar-refractivity contribution < 1.29 is 19.5 Å². The van der Waals surface area contributed by atoms with Crippen LogP contribution in [0.2, 0.25) is 0 Å². The van der Waals surface area contributed by atoms with Crippen LogP contribution in [0.15, 0.2) is 24.3 Å². The average Bonchev–Trinajstić information content (AvgIpc) is 2.53. The molecule has 18 heavy (non-hydrogen) atoms. The molecule has 5 nitrogen and oxygen atoms in total. The Bertz CT molecular complexity index is 511. The van der Waals surface area contributed by atoms with Crippen LogP contribution in [-0.4, -0.2) is 23.2 Å². The van der Waals surface area contributed by atoms with Gasteiger partial charge in [-0.15, -0.1) is 0 Å². The minimum Gasteiger partial charge on any atom is -0.462 e. The molecule has 1 amide bonds. The number of para-hydroxylation sites is 1. The summed E-state index contributed by atoms with van der Waals surface area (Å²) >= 11 is 0. The molecule has 1 atom stereocenters. The fraction of sp³-hybridized carbons (Fsp3) is 0.385. The summed E-state index contributed by atoms with van der Waals surface area (Å²) in [6, 6.07) is 6.63. The standard InChI is InChI=1S/C13H15NO4/c1-8(2)18-12(16)13(3)9-6-4-5-7-10(9)14(17)11(13)15/h4-8,17H,1-3H3. The summed E-state index contributed by atoms with van der Waals surface area (Å²) in [5, 5.41) is 10.3. The monoisotopic (exact) mass is 249 g/mol. The van der Waals surface area contributed by atoms with Crippen LogP contribution in [-0.2, 0) is 19.7 Å². The van der Waals surface area contributed by atoms with E-state index >= 15 is 0 Å². The van der Waals surface area contributed by atoms with Crippen molar-refractivity contribution in [2.45, 2.75) is 32.3 Å². The van der Waals surface area contributed by atoms with E-state index in [0.29, 0.717) is 16.3 Å². The molecule has 0 aromatic heterocycles. The summed E-state index contributed by atoms with van der Waals surface area (Å²) in [4.78, 5) is 24.2. The van der Waals surface area contributed by atoms with Crippen molar-refractivity contribution in [3.63, 3.8) is 0 Å². The average molecular weight is 249 g/mol. The number of hydroxylamine groups is 1. The molecule has 0 fully saturated rings. The van der Waals surface area contributed by atoms with Crippen molar-refractivity contribution in [3.8, 4) is 0 Å². The van der Waals surface area contributed by atoms with E-state index in [1.54, 1.807) is 38.1 Å². The predicted molar refractivity (Wildman–Crippen MR) is 64.3 cm³/mol. The van der Waals surface area contributed by atoms with Gasteiger partial charge in [0.15, 0.2) is 5.41 Å². The van der Waals surface area contributed by atoms with Gasteiger partial charge in [-0.25, -0.2) is 0 Å². The lowest BCUT2D eigenvalue weighted by Gasteiger charge is -2.22. The Balaban J connectivity index is 2.50. The van der Waals surface area contributed by atoms with Gasteiger partial charge in [-0.05, 0) is 26.8 Å². The number of carbonyl (C=O) groups excluding carboxylic acids is 2. The highest BCUT2D eigenvalue weighted by atomic mass is 16.5. The van der Waals surface area contributed by atoms with E-state index in [1.165, 1.54) is 6.92 Å². The molecule has 0 bridgehead atoms. The molecule has 1 aromatic rings. The van der Waals surface area contributed by atoms with E-state index in [4.69, 9.17) is 4.74 Å². The fourth-order valence-electron chi connectivity index (χ4n) is 2.05. The van der Waals surface area contributed by atoms with E-state index in [0.717, 1.165) is 0 Å². The molecule has 0 aliphatic carbocycles. The second-order valence-electron chi connectivity index (χ2n) is 4.71. The number of nitrogens with zero attached hydrogens (tertiary/aromatic N) is 1. The zero-order valence-corrected chi connectivity index (χ0v) is 10.5. The Labute approximate surface area is 105 Å². The molecule has 1 aliphatic rings. The van der Waals surface area contributed by atoms with Crippen molar-refractivity contribution >= 4 is 17.6 Å². The van der Waals surface area contributed by atoms with Gasteiger partial charge in [0.05, 0.1) is 11.8 Å². The van der Waals surface area contributed by atoms with Crippen LogP contribution in [0.25, 0.3) is 0 Å². The van der Waals surface area contributed by atoms with Crippen LogP contribution >= 0.6 is 0 Å². The SMILES string of the molecule is CC(C)OC(=O)C1(C)C(=O)N(O)c2ccccc21. The fourth-order valence-corrected chi connectivity index (χ4v) is 2.05. The molecule has 1 aromatic carbocycles. The molecule has 1 N–H and O–H groups in total. The van der Waals surface area contributed by atoms with Gasteiger partial charge < -0.3 is 4.74 Å². The number of esters is 1. The number of benzene rings is 1. The maximum absolute atomic E-state index is 12.1. The number of carbonyl (C=O) groups is 2. The third kappa shape index (κ3) is 1.59. The quantitative estimate of drug-likeness (QED) is 0.491. The Morgan fingerprint density at radius 1 is 1.39 bits per heavy atom. The minimum atomic E-state index is -1.48. The van der Waals surface area contributed by atoms with Crippen molar-refractivity contribution in [1.29, 1.82) is 0 Å². The molecule has 1 heterocycles. The number of amides is 1. The zero-order valence-electron chi connectivity index (χ0n) is 10.5. The third-order valence-electron chi connectivity index (χ3n) is 3.04. The van der Waals surface area contributed by atoms with Gasteiger partial charge >= 0.3 is 5.97 Å². The van der Waals surface area contributed by atoms with Gasteiger partial charge in [0.1, 0.15) is 0 Å². The summed E-state index contributed by atoms with van der Waals surface area (Å²) in [5.74, 6) is -1.33. The Morgan fingerprint density at radius 2 is 2.00 bits per heavy atom. The lowest BCUT2D eigenvalue weighted by Crippen LogP contribution is -2.44. The van der Waals surface area contributed by atoms with Crippen LogP contribution < -0.4 is 5.06 Å². The molecule has 2 rings (SSSR count). The van der Waals surface area contributed by atoms with E-state index in [2.05, 4.69) is 0 Å².